The fourth-order valence-corrected chi connectivity index (χ4v) is 2.54. The Hall–Kier alpha value is -1.97. The van der Waals surface area contributed by atoms with Crippen LogP contribution in [0.25, 0.3) is 0 Å². The predicted molar refractivity (Wildman–Crippen MR) is 77.2 cm³/mol. The molecule has 2 N–H and O–H groups in total. The highest BCUT2D eigenvalue weighted by atomic mass is 32.2. The summed E-state index contributed by atoms with van der Waals surface area (Å²) < 4.78 is 29.3. The second kappa shape index (κ2) is 8.47. The molecule has 0 aliphatic rings. The lowest BCUT2D eigenvalue weighted by Crippen LogP contribution is -2.43. The molecule has 1 aromatic rings. The van der Waals surface area contributed by atoms with E-state index in [0.29, 0.717) is 4.31 Å². The lowest BCUT2D eigenvalue weighted by Gasteiger charge is -2.19. The van der Waals surface area contributed by atoms with E-state index < -0.39 is 35.0 Å². The summed E-state index contributed by atoms with van der Waals surface area (Å²) in [6.07, 6.45) is 0. The average molecular weight is 330 g/mol. The molecule has 122 valence electrons. The number of esters is 1. The molecule has 0 radical (unpaired) electrons. The van der Waals surface area contributed by atoms with Crippen molar-refractivity contribution in [1.82, 2.24) is 9.79 Å². The van der Waals surface area contributed by atoms with E-state index in [-0.39, 0.29) is 12.4 Å². The lowest BCUT2D eigenvalue weighted by molar-refractivity contribution is -0.145. The van der Waals surface area contributed by atoms with Gasteiger partial charge in [0.15, 0.2) is 0 Å². The molecule has 0 saturated carbocycles. The fourth-order valence-electron chi connectivity index (χ4n) is 1.56. The normalized spacial score (nSPS) is 11.2. The molecule has 8 nitrogen and oxygen atoms in total. The van der Waals surface area contributed by atoms with E-state index in [9.17, 15) is 18.0 Å². The summed E-state index contributed by atoms with van der Waals surface area (Å²) in [6, 6.07) is 8.89. The van der Waals surface area contributed by atoms with Crippen LogP contribution in [-0.4, -0.2) is 48.6 Å². The molecule has 0 heterocycles. The summed E-state index contributed by atoms with van der Waals surface area (Å²) in [5.41, 5.74) is 2.08. The molecule has 0 bridgehead atoms. The molecular formula is C13H18N2O6S. The van der Waals surface area contributed by atoms with Crippen LogP contribution in [0.1, 0.15) is 12.5 Å². The Kier molecular flexibility index (Phi) is 6.96. The maximum absolute atomic E-state index is 11.8. The molecule has 9 heteroatoms. The minimum absolute atomic E-state index is 0.00584. The Morgan fingerprint density at radius 2 is 1.86 bits per heavy atom. The third-order valence-corrected chi connectivity index (χ3v) is 4.53. The number of amides is 1. The van der Waals surface area contributed by atoms with Crippen LogP contribution in [0, 0.1) is 0 Å². The van der Waals surface area contributed by atoms with Gasteiger partial charge in [-0.3, -0.25) is 14.8 Å². The smallest absolute Gasteiger partial charge is 0.321 e. The van der Waals surface area contributed by atoms with Gasteiger partial charge in [-0.1, -0.05) is 30.3 Å². The molecular weight excluding hydrogens is 312 g/mol. The van der Waals surface area contributed by atoms with Crippen molar-refractivity contribution in [3.8, 4) is 0 Å². The Morgan fingerprint density at radius 1 is 1.23 bits per heavy atom. The molecule has 0 unspecified atom stereocenters. The third-order valence-electron chi connectivity index (χ3n) is 2.75. The number of sulfonamides is 1. The van der Waals surface area contributed by atoms with Crippen molar-refractivity contribution in [2.24, 2.45) is 0 Å². The first-order valence-corrected chi connectivity index (χ1v) is 8.10. The van der Waals surface area contributed by atoms with E-state index >= 15 is 0 Å². The second-order valence-corrected chi connectivity index (χ2v) is 6.61. The molecule has 0 spiro atoms. The summed E-state index contributed by atoms with van der Waals surface area (Å²) in [5, 5.41) is 8.47. The number of hydrogen-bond donors (Lipinski definition) is 2. The lowest BCUT2D eigenvalue weighted by atomic mass is 10.2. The van der Waals surface area contributed by atoms with Crippen LogP contribution in [0.15, 0.2) is 30.3 Å². The van der Waals surface area contributed by atoms with Crippen LogP contribution >= 0.6 is 0 Å². The van der Waals surface area contributed by atoms with Crippen LogP contribution in [0.5, 0.6) is 0 Å². The van der Waals surface area contributed by atoms with Gasteiger partial charge in [0.05, 0.1) is 12.3 Å². The van der Waals surface area contributed by atoms with E-state index in [2.05, 4.69) is 0 Å². The van der Waals surface area contributed by atoms with Crippen molar-refractivity contribution < 1.29 is 28.0 Å². The number of carbonyl (C=O) groups is 2. The predicted octanol–water partition coefficient (Wildman–Crippen LogP) is -0.113. The average Bonchev–Trinajstić information content (AvgIpc) is 2.53. The first kappa shape index (κ1) is 18.1. The van der Waals surface area contributed by atoms with Gasteiger partial charge in [0.2, 0.25) is 10.0 Å². The number of nitrogens with zero attached hydrogens (tertiary/aromatic N) is 1. The van der Waals surface area contributed by atoms with Gasteiger partial charge in [0.1, 0.15) is 13.2 Å². The maximum Gasteiger partial charge on any atom is 0.321 e. The molecule has 0 aliphatic carbocycles. The molecule has 1 aromatic carbocycles. The molecule has 0 fully saturated rings. The topological polar surface area (TPSA) is 113 Å². The quantitative estimate of drug-likeness (QED) is 0.390. The van der Waals surface area contributed by atoms with Gasteiger partial charge < -0.3 is 4.74 Å². The summed E-state index contributed by atoms with van der Waals surface area (Å²) >= 11 is 0. The Balaban J connectivity index is 2.64. The van der Waals surface area contributed by atoms with Gasteiger partial charge >= 0.3 is 5.97 Å². The zero-order chi connectivity index (χ0) is 16.6. The van der Waals surface area contributed by atoms with Crippen molar-refractivity contribution in [2.75, 3.05) is 18.8 Å². The molecule has 22 heavy (non-hydrogen) atoms. The highest BCUT2D eigenvalue weighted by Crippen LogP contribution is 2.04. The first-order chi connectivity index (χ1) is 10.4. The Bertz CT molecular complexity index is 602. The van der Waals surface area contributed by atoms with Gasteiger partial charge in [-0.25, -0.2) is 13.9 Å². The molecule has 0 aromatic heterocycles. The fraction of sp³-hybridized carbons (Fsp3) is 0.385. The highest BCUT2D eigenvalue weighted by Gasteiger charge is 2.26. The van der Waals surface area contributed by atoms with E-state index in [4.69, 9.17) is 9.94 Å². The van der Waals surface area contributed by atoms with Crippen LogP contribution in [0.2, 0.25) is 0 Å². The molecule has 1 rings (SSSR count). The number of ether oxygens (including phenoxy) is 1. The number of benzene rings is 1. The minimum Gasteiger partial charge on any atom is -0.460 e. The van der Waals surface area contributed by atoms with Gasteiger partial charge in [-0.2, -0.15) is 4.31 Å². The van der Waals surface area contributed by atoms with Crippen LogP contribution in [0.4, 0.5) is 0 Å². The first-order valence-electron chi connectivity index (χ1n) is 6.49. The van der Waals surface area contributed by atoms with Crippen molar-refractivity contribution in [3.05, 3.63) is 35.9 Å². The third kappa shape index (κ3) is 5.80. The van der Waals surface area contributed by atoms with Gasteiger partial charge in [-0.15, -0.1) is 0 Å². The summed E-state index contributed by atoms with van der Waals surface area (Å²) in [4.78, 5) is 22.9. The second-order valence-electron chi connectivity index (χ2n) is 4.35. The van der Waals surface area contributed by atoms with E-state index in [1.165, 1.54) is 12.4 Å². The summed E-state index contributed by atoms with van der Waals surface area (Å²) in [7, 11) is -3.78. The van der Waals surface area contributed by atoms with E-state index in [0.717, 1.165) is 5.56 Å². The monoisotopic (exact) mass is 330 g/mol. The van der Waals surface area contributed by atoms with Gasteiger partial charge in [0, 0.05) is 0 Å². The molecule has 0 saturated heterocycles. The number of hydrogen-bond acceptors (Lipinski definition) is 6. The van der Waals surface area contributed by atoms with Crippen LogP contribution in [-0.2, 0) is 31.0 Å². The number of hydroxylamine groups is 1. The zero-order valence-electron chi connectivity index (χ0n) is 12.1. The van der Waals surface area contributed by atoms with Gasteiger partial charge in [0.25, 0.3) is 5.91 Å². The van der Waals surface area contributed by atoms with Crippen molar-refractivity contribution in [3.63, 3.8) is 0 Å². The van der Waals surface area contributed by atoms with Crippen LogP contribution in [0.3, 0.4) is 0 Å². The maximum atomic E-state index is 11.8. The summed E-state index contributed by atoms with van der Waals surface area (Å²) in [5.74, 6) is -2.00. The Labute approximate surface area is 128 Å². The molecule has 0 atom stereocenters. The van der Waals surface area contributed by atoms with E-state index in [1.807, 2.05) is 6.07 Å². The van der Waals surface area contributed by atoms with Crippen molar-refractivity contribution in [1.29, 1.82) is 0 Å². The van der Waals surface area contributed by atoms with Crippen LogP contribution < -0.4 is 5.48 Å². The van der Waals surface area contributed by atoms with Crippen molar-refractivity contribution in [2.45, 2.75) is 13.5 Å². The summed E-state index contributed by atoms with van der Waals surface area (Å²) in [6.45, 7) is 0.129. The number of nitrogens with one attached hydrogen (secondary N) is 1. The Morgan fingerprint density at radius 3 is 2.41 bits per heavy atom. The number of carbonyl (C=O) groups excluding carboxylic acids is 2. The van der Waals surface area contributed by atoms with Crippen molar-refractivity contribution >= 4 is 21.9 Å². The molecule has 0 aliphatic heterocycles. The largest absolute Gasteiger partial charge is 0.460 e. The number of rotatable bonds is 8. The molecule has 1 amide bonds. The van der Waals surface area contributed by atoms with Gasteiger partial charge in [-0.05, 0) is 12.5 Å². The standard InChI is InChI=1S/C13H18N2O6S/c1-2-22(19,20)15(8-12(16)14-18)9-13(17)21-10-11-6-4-3-5-7-11/h3-7,18H,2,8-10H2,1H3,(H,14,16). The highest BCUT2D eigenvalue weighted by molar-refractivity contribution is 7.89. The minimum atomic E-state index is -3.78. The zero-order valence-corrected chi connectivity index (χ0v) is 12.9. The van der Waals surface area contributed by atoms with E-state index in [1.54, 1.807) is 24.3 Å². The SMILES string of the molecule is CCS(=O)(=O)N(CC(=O)NO)CC(=O)OCc1ccccc1.